The summed E-state index contributed by atoms with van der Waals surface area (Å²) in [5, 5.41) is 1.95. The van der Waals surface area contributed by atoms with Crippen LogP contribution in [0.2, 0.25) is 5.02 Å². The Kier molecular flexibility index (Phi) is 2.48. The smallest absolute Gasteiger partial charge is 0.0733 e. The molecule has 2 aromatic rings. The summed E-state index contributed by atoms with van der Waals surface area (Å²) in [7, 11) is 3.69. The molecule has 1 aromatic heterocycles. The third kappa shape index (κ3) is 1.41. The predicted octanol–water partition coefficient (Wildman–Crippen LogP) is 2.98. The van der Waals surface area contributed by atoms with Crippen molar-refractivity contribution in [3.63, 3.8) is 0 Å². The minimum Gasteiger partial charge on any atom is -0.380 e. The summed E-state index contributed by atoms with van der Waals surface area (Å²) in [4.78, 5) is 0. The van der Waals surface area contributed by atoms with Gasteiger partial charge in [-0.05, 0) is 6.07 Å². The fraction of sp³-hybridized carbons (Fsp3) is 0.273. The van der Waals surface area contributed by atoms with E-state index in [2.05, 4.69) is 12.3 Å². The Balaban J connectivity index is 2.71. The van der Waals surface area contributed by atoms with Crippen molar-refractivity contribution >= 4 is 22.5 Å². The van der Waals surface area contributed by atoms with E-state index >= 15 is 0 Å². The van der Waals surface area contributed by atoms with Gasteiger partial charge in [-0.15, -0.1) is 0 Å². The fourth-order valence-electron chi connectivity index (χ4n) is 1.77. The molecule has 1 heterocycles. The van der Waals surface area contributed by atoms with Crippen LogP contribution in [0.1, 0.15) is 5.56 Å². The molecular formula is C11H12ClNO. The minimum atomic E-state index is 0.623. The van der Waals surface area contributed by atoms with E-state index in [0.29, 0.717) is 6.61 Å². The lowest BCUT2D eigenvalue weighted by atomic mass is 10.2. The quantitative estimate of drug-likeness (QED) is 0.742. The van der Waals surface area contributed by atoms with Gasteiger partial charge in [0.15, 0.2) is 0 Å². The van der Waals surface area contributed by atoms with Crippen molar-refractivity contribution in [2.75, 3.05) is 7.11 Å². The Morgan fingerprint density at radius 1 is 1.43 bits per heavy atom. The van der Waals surface area contributed by atoms with Gasteiger partial charge >= 0.3 is 0 Å². The zero-order valence-corrected chi connectivity index (χ0v) is 9.01. The van der Waals surface area contributed by atoms with E-state index < -0.39 is 0 Å². The van der Waals surface area contributed by atoms with Crippen LogP contribution in [0.25, 0.3) is 10.9 Å². The Bertz CT molecular complexity index is 462. The van der Waals surface area contributed by atoms with E-state index in [-0.39, 0.29) is 0 Å². The lowest BCUT2D eigenvalue weighted by molar-refractivity contribution is 0.186. The van der Waals surface area contributed by atoms with Gasteiger partial charge in [-0.2, -0.15) is 0 Å². The zero-order chi connectivity index (χ0) is 10.1. The number of nitrogens with zero attached hydrogens (tertiary/aromatic N) is 1. The number of aryl methyl sites for hydroxylation is 1. The summed E-state index contributed by atoms with van der Waals surface area (Å²) in [5.41, 5.74) is 2.24. The monoisotopic (exact) mass is 209 g/mol. The lowest BCUT2D eigenvalue weighted by Crippen LogP contribution is -1.85. The third-order valence-corrected chi connectivity index (χ3v) is 2.64. The van der Waals surface area contributed by atoms with Gasteiger partial charge in [-0.25, -0.2) is 0 Å². The first-order valence-electron chi connectivity index (χ1n) is 4.45. The molecule has 0 saturated carbocycles. The standard InChI is InChI=1S/C11H12ClNO/c1-13-6-8(7-14-2)9-4-3-5-10(12)11(9)13/h3-6H,7H2,1-2H3. The number of benzene rings is 1. The first kappa shape index (κ1) is 9.56. The van der Waals surface area contributed by atoms with Gasteiger partial charge in [-0.3, -0.25) is 0 Å². The van der Waals surface area contributed by atoms with Crippen molar-refractivity contribution < 1.29 is 4.74 Å². The summed E-state index contributed by atoms with van der Waals surface area (Å²) in [5.74, 6) is 0. The van der Waals surface area contributed by atoms with Crippen molar-refractivity contribution in [1.82, 2.24) is 4.57 Å². The Morgan fingerprint density at radius 2 is 2.21 bits per heavy atom. The molecule has 0 bridgehead atoms. The fourth-order valence-corrected chi connectivity index (χ4v) is 2.08. The first-order valence-corrected chi connectivity index (χ1v) is 4.83. The van der Waals surface area contributed by atoms with Crippen LogP contribution in [0, 0.1) is 0 Å². The summed E-state index contributed by atoms with van der Waals surface area (Å²) in [6, 6.07) is 5.93. The number of hydrogen-bond acceptors (Lipinski definition) is 1. The molecule has 0 unspecified atom stereocenters. The van der Waals surface area contributed by atoms with Crippen molar-refractivity contribution in [3.05, 3.63) is 35.0 Å². The highest BCUT2D eigenvalue weighted by molar-refractivity contribution is 6.35. The van der Waals surface area contributed by atoms with Crippen LogP contribution in [0.5, 0.6) is 0 Å². The highest BCUT2D eigenvalue weighted by Crippen LogP contribution is 2.27. The zero-order valence-electron chi connectivity index (χ0n) is 8.25. The molecule has 0 saturated heterocycles. The second-order valence-corrected chi connectivity index (χ2v) is 3.74. The SMILES string of the molecule is COCc1cn(C)c2c(Cl)cccc12. The molecule has 0 aliphatic heterocycles. The Morgan fingerprint density at radius 3 is 2.93 bits per heavy atom. The average Bonchev–Trinajstić information content (AvgIpc) is 2.46. The largest absolute Gasteiger partial charge is 0.380 e. The van der Waals surface area contributed by atoms with E-state index in [0.717, 1.165) is 10.5 Å². The van der Waals surface area contributed by atoms with Crippen LogP contribution in [-0.4, -0.2) is 11.7 Å². The van der Waals surface area contributed by atoms with E-state index in [4.69, 9.17) is 16.3 Å². The molecule has 0 amide bonds. The maximum atomic E-state index is 6.11. The molecule has 2 nitrogen and oxygen atoms in total. The van der Waals surface area contributed by atoms with Crippen LogP contribution < -0.4 is 0 Å². The van der Waals surface area contributed by atoms with Gasteiger partial charge in [0.25, 0.3) is 0 Å². The molecule has 0 fully saturated rings. The number of methoxy groups -OCH3 is 1. The topological polar surface area (TPSA) is 14.2 Å². The number of halogens is 1. The summed E-state index contributed by atoms with van der Waals surface area (Å²) in [6.45, 7) is 0.623. The van der Waals surface area contributed by atoms with E-state index in [1.165, 1.54) is 10.9 Å². The van der Waals surface area contributed by atoms with Gasteiger partial charge in [0.2, 0.25) is 0 Å². The van der Waals surface area contributed by atoms with Gasteiger partial charge in [0.05, 0.1) is 17.1 Å². The van der Waals surface area contributed by atoms with Crippen molar-refractivity contribution in [2.45, 2.75) is 6.61 Å². The Hall–Kier alpha value is -0.990. The van der Waals surface area contributed by atoms with Gasteiger partial charge in [-0.1, -0.05) is 23.7 Å². The molecule has 0 atom stereocenters. The molecule has 74 valence electrons. The van der Waals surface area contributed by atoms with Crippen LogP contribution in [0.15, 0.2) is 24.4 Å². The van der Waals surface area contributed by atoms with Crippen molar-refractivity contribution in [3.8, 4) is 0 Å². The maximum Gasteiger partial charge on any atom is 0.0733 e. The molecule has 14 heavy (non-hydrogen) atoms. The van der Waals surface area contributed by atoms with Crippen LogP contribution in [0.4, 0.5) is 0 Å². The second kappa shape index (κ2) is 3.64. The molecule has 0 N–H and O–H groups in total. The summed E-state index contributed by atoms with van der Waals surface area (Å²) < 4.78 is 7.17. The maximum absolute atomic E-state index is 6.11. The third-order valence-electron chi connectivity index (χ3n) is 2.33. The van der Waals surface area contributed by atoms with Gasteiger partial charge in [0.1, 0.15) is 0 Å². The number of rotatable bonds is 2. The molecule has 0 aliphatic carbocycles. The van der Waals surface area contributed by atoms with Crippen LogP contribution in [-0.2, 0) is 18.4 Å². The molecule has 2 rings (SSSR count). The normalized spacial score (nSPS) is 11.1. The molecule has 0 aliphatic rings. The average molecular weight is 210 g/mol. The van der Waals surface area contributed by atoms with Gasteiger partial charge < -0.3 is 9.30 Å². The molecule has 3 heteroatoms. The highest BCUT2D eigenvalue weighted by atomic mass is 35.5. The second-order valence-electron chi connectivity index (χ2n) is 3.33. The van der Waals surface area contributed by atoms with E-state index in [9.17, 15) is 0 Å². The van der Waals surface area contributed by atoms with E-state index in [1.807, 2.05) is 23.7 Å². The molecule has 0 radical (unpaired) electrons. The Labute approximate surface area is 88.0 Å². The number of ether oxygens (including phenoxy) is 1. The number of fused-ring (bicyclic) bond motifs is 1. The van der Waals surface area contributed by atoms with E-state index in [1.54, 1.807) is 7.11 Å². The lowest BCUT2D eigenvalue weighted by Gasteiger charge is -1.98. The van der Waals surface area contributed by atoms with Crippen LogP contribution >= 0.6 is 11.6 Å². The highest BCUT2D eigenvalue weighted by Gasteiger charge is 2.08. The predicted molar refractivity (Wildman–Crippen MR) is 58.6 cm³/mol. The summed E-state index contributed by atoms with van der Waals surface area (Å²) >= 11 is 6.11. The van der Waals surface area contributed by atoms with Crippen LogP contribution in [0.3, 0.4) is 0 Å². The number of para-hydroxylation sites is 1. The molecular weight excluding hydrogens is 198 g/mol. The minimum absolute atomic E-state index is 0.623. The number of aromatic nitrogens is 1. The van der Waals surface area contributed by atoms with Gasteiger partial charge in [0, 0.05) is 31.3 Å². The number of hydrogen-bond donors (Lipinski definition) is 0. The summed E-state index contributed by atoms with van der Waals surface area (Å²) in [6.07, 6.45) is 2.06. The van der Waals surface area contributed by atoms with Crippen molar-refractivity contribution in [1.29, 1.82) is 0 Å². The molecule has 1 aromatic carbocycles. The van der Waals surface area contributed by atoms with Crippen molar-refractivity contribution in [2.24, 2.45) is 7.05 Å². The molecule has 0 spiro atoms. The first-order chi connectivity index (χ1) is 6.74.